The van der Waals surface area contributed by atoms with Crippen molar-refractivity contribution in [1.29, 1.82) is 0 Å². The summed E-state index contributed by atoms with van der Waals surface area (Å²) < 4.78 is 0. The van der Waals surface area contributed by atoms with E-state index in [1.165, 1.54) is 28.8 Å². The molecule has 1 atom stereocenters. The SMILES string of the molecule is CCN1C(=O)CC(Sc2ccc(C(=O)O)cc2)C1=O. The predicted octanol–water partition coefficient (Wildman–Crippen LogP) is 1.62. The van der Waals surface area contributed by atoms with Crippen LogP contribution >= 0.6 is 11.8 Å². The van der Waals surface area contributed by atoms with Gasteiger partial charge in [-0.15, -0.1) is 11.8 Å². The van der Waals surface area contributed by atoms with Crippen LogP contribution in [0.5, 0.6) is 0 Å². The molecule has 1 aromatic carbocycles. The topological polar surface area (TPSA) is 74.7 Å². The van der Waals surface area contributed by atoms with Gasteiger partial charge in [-0.05, 0) is 31.2 Å². The molecule has 0 aliphatic carbocycles. The van der Waals surface area contributed by atoms with Gasteiger partial charge in [-0.2, -0.15) is 0 Å². The fourth-order valence-electron chi connectivity index (χ4n) is 1.92. The first-order chi connectivity index (χ1) is 9.02. The van der Waals surface area contributed by atoms with Gasteiger partial charge in [0.05, 0.1) is 10.8 Å². The first-order valence-electron chi connectivity index (χ1n) is 5.87. The normalized spacial score (nSPS) is 19.0. The van der Waals surface area contributed by atoms with Gasteiger partial charge in [0.1, 0.15) is 0 Å². The number of likely N-dealkylation sites (tertiary alicyclic amines) is 1. The largest absolute Gasteiger partial charge is 0.478 e. The van der Waals surface area contributed by atoms with E-state index in [-0.39, 0.29) is 23.8 Å². The highest BCUT2D eigenvalue weighted by molar-refractivity contribution is 8.00. The molecule has 1 saturated heterocycles. The Balaban J connectivity index is 2.08. The maximum Gasteiger partial charge on any atom is 0.335 e. The number of thioether (sulfide) groups is 1. The van der Waals surface area contributed by atoms with Crippen molar-refractivity contribution in [2.75, 3.05) is 6.54 Å². The molecular weight excluding hydrogens is 266 g/mol. The highest BCUT2D eigenvalue weighted by Gasteiger charge is 2.37. The molecule has 1 unspecified atom stereocenters. The van der Waals surface area contributed by atoms with Crippen LogP contribution in [0, 0.1) is 0 Å². The van der Waals surface area contributed by atoms with E-state index in [0.717, 1.165) is 4.90 Å². The van der Waals surface area contributed by atoms with Gasteiger partial charge in [0.2, 0.25) is 11.8 Å². The van der Waals surface area contributed by atoms with E-state index in [4.69, 9.17) is 5.11 Å². The summed E-state index contributed by atoms with van der Waals surface area (Å²) in [5.41, 5.74) is 0.202. The van der Waals surface area contributed by atoms with Gasteiger partial charge in [-0.1, -0.05) is 0 Å². The number of carbonyl (C=O) groups is 3. The lowest BCUT2D eigenvalue weighted by Crippen LogP contribution is -2.30. The second kappa shape index (κ2) is 5.44. The summed E-state index contributed by atoms with van der Waals surface area (Å²) in [7, 11) is 0. The number of hydrogen-bond acceptors (Lipinski definition) is 4. The Morgan fingerprint density at radius 3 is 2.47 bits per heavy atom. The maximum absolute atomic E-state index is 11.9. The Hall–Kier alpha value is -1.82. The number of carboxylic acids is 1. The monoisotopic (exact) mass is 279 g/mol. The van der Waals surface area contributed by atoms with Gasteiger partial charge < -0.3 is 5.11 Å². The molecule has 1 aliphatic heterocycles. The molecule has 0 aromatic heterocycles. The van der Waals surface area contributed by atoms with Crippen LogP contribution < -0.4 is 0 Å². The molecule has 1 aromatic rings. The maximum atomic E-state index is 11.9. The Bertz CT molecular complexity index is 526. The molecule has 2 rings (SSSR count). The number of benzene rings is 1. The fraction of sp³-hybridized carbons (Fsp3) is 0.308. The average Bonchev–Trinajstić information content (AvgIpc) is 2.64. The van der Waals surface area contributed by atoms with Crippen molar-refractivity contribution in [3.63, 3.8) is 0 Å². The van der Waals surface area contributed by atoms with Gasteiger partial charge in [0.25, 0.3) is 0 Å². The van der Waals surface area contributed by atoms with Gasteiger partial charge in [-0.25, -0.2) is 4.79 Å². The molecule has 100 valence electrons. The van der Waals surface area contributed by atoms with Crippen LogP contribution in [0.2, 0.25) is 0 Å². The Morgan fingerprint density at radius 2 is 2.00 bits per heavy atom. The number of aromatic carboxylic acids is 1. The Kier molecular flexibility index (Phi) is 3.90. The molecule has 6 heteroatoms. The van der Waals surface area contributed by atoms with Gasteiger partial charge in [-0.3, -0.25) is 14.5 Å². The molecule has 2 amide bonds. The van der Waals surface area contributed by atoms with Crippen LogP contribution in [-0.4, -0.2) is 39.6 Å². The van der Waals surface area contributed by atoms with Crippen LogP contribution in [0.3, 0.4) is 0 Å². The van der Waals surface area contributed by atoms with Crippen molar-refractivity contribution in [3.05, 3.63) is 29.8 Å². The molecule has 1 heterocycles. The predicted molar refractivity (Wildman–Crippen MR) is 70.1 cm³/mol. The Labute approximate surface area is 114 Å². The van der Waals surface area contributed by atoms with Crippen molar-refractivity contribution in [2.45, 2.75) is 23.5 Å². The smallest absolute Gasteiger partial charge is 0.335 e. The lowest BCUT2D eigenvalue weighted by Gasteiger charge is -2.11. The van der Waals surface area contributed by atoms with Gasteiger partial charge >= 0.3 is 5.97 Å². The number of amides is 2. The Morgan fingerprint density at radius 1 is 1.37 bits per heavy atom. The second-order valence-corrected chi connectivity index (χ2v) is 5.39. The highest BCUT2D eigenvalue weighted by atomic mass is 32.2. The number of hydrogen-bond donors (Lipinski definition) is 1. The highest BCUT2D eigenvalue weighted by Crippen LogP contribution is 2.31. The lowest BCUT2D eigenvalue weighted by atomic mass is 10.2. The number of rotatable bonds is 4. The fourth-order valence-corrected chi connectivity index (χ4v) is 2.99. The summed E-state index contributed by atoms with van der Waals surface area (Å²) in [6.45, 7) is 2.16. The van der Waals surface area contributed by atoms with Gasteiger partial charge in [0, 0.05) is 17.9 Å². The van der Waals surface area contributed by atoms with Crippen LogP contribution in [0.4, 0.5) is 0 Å². The summed E-state index contributed by atoms with van der Waals surface area (Å²) in [5, 5.41) is 8.39. The summed E-state index contributed by atoms with van der Waals surface area (Å²) >= 11 is 1.30. The molecule has 0 spiro atoms. The number of carbonyl (C=O) groups excluding carboxylic acids is 2. The van der Waals surface area contributed by atoms with E-state index in [2.05, 4.69) is 0 Å². The molecule has 0 bridgehead atoms. The second-order valence-electron chi connectivity index (χ2n) is 4.12. The minimum absolute atomic E-state index is 0.146. The molecule has 19 heavy (non-hydrogen) atoms. The third kappa shape index (κ3) is 2.78. The van der Waals surface area contributed by atoms with Crippen molar-refractivity contribution in [2.24, 2.45) is 0 Å². The van der Waals surface area contributed by atoms with Crippen LogP contribution in [0.1, 0.15) is 23.7 Å². The molecule has 0 radical (unpaired) electrons. The van der Waals surface area contributed by atoms with E-state index in [0.29, 0.717) is 6.54 Å². The lowest BCUT2D eigenvalue weighted by molar-refractivity contribution is -0.137. The summed E-state index contributed by atoms with van der Waals surface area (Å²) in [6.07, 6.45) is 0.206. The zero-order chi connectivity index (χ0) is 14.0. The van der Waals surface area contributed by atoms with Crippen LogP contribution in [0.25, 0.3) is 0 Å². The number of imide groups is 1. The molecule has 0 saturated carbocycles. The standard InChI is InChI=1S/C13H13NO4S/c1-2-14-11(15)7-10(12(14)16)19-9-5-3-8(4-6-9)13(17)18/h3-6,10H,2,7H2,1H3,(H,17,18). The van der Waals surface area contributed by atoms with Gasteiger partial charge in [0.15, 0.2) is 0 Å². The van der Waals surface area contributed by atoms with Crippen LogP contribution in [0.15, 0.2) is 29.2 Å². The molecule has 5 nitrogen and oxygen atoms in total. The van der Waals surface area contributed by atoms with E-state index < -0.39 is 11.2 Å². The minimum atomic E-state index is -0.985. The van der Waals surface area contributed by atoms with Crippen molar-refractivity contribution >= 4 is 29.5 Å². The molecule has 1 N–H and O–H groups in total. The summed E-state index contributed by atoms with van der Waals surface area (Å²) in [4.78, 5) is 36.3. The van der Waals surface area contributed by atoms with E-state index in [9.17, 15) is 14.4 Å². The molecule has 1 aliphatic rings. The van der Waals surface area contributed by atoms with Crippen molar-refractivity contribution in [3.8, 4) is 0 Å². The minimum Gasteiger partial charge on any atom is -0.478 e. The molecular formula is C13H13NO4S. The summed E-state index contributed by atoms with van der Waals surface area (Å²) in [5.74, 6) is -1.30. The third-order valence-electron chi connectivity index (χ3n) is 2.90. The average molecular weight is 279 g/mol. The zero-order valence-corrected chi connectivity index (χ0v) is 11.1. The summed E-state index contributed by atoms with van der Waals surface area (Å²) in [6, 6.07) is 6.29. The number of carboxylic acid groups (broad SMARTS) is 1. The first kappa shape index (κ1) is 13.6. The van der Waals surface area contributed by atoms with Crippen molar-refractivity contribution in [1.82, 2.24) is 4.90 Å². The zero-order valence-electron chi connectivity index (χ0n) is 10.3. The van der Waals surface area contributed by atoms with Crippen LogP contribution in [-0.2, 0) is 9.59 Å². The molecule has 1 fully saturated rings. The van der Waals surface area contributed by atoms with E-state index >= 15 is 0 Å². The van der Waals surface area contributed by atoms with E-state index in [1.54, 1.807) is 19.1 Å². The first-order valence-corrected chi connectivity index (χ1v) is 6.75. The quantitative estimate of drug-likeness (QED) is 0.848. The van der Waals surface area contributed by atoms with Crippen molar-refractivity contribution < 1.29 is 19.5 Å². The number of nitrogens with zero attached hydrogens (tertiary/aromatic N) is 1. The van der Waals surface area contributed by atoms with E-state index in [1.807, 2.05) is 0 Å². The third-order valence-corrected chi connectivity index (χ3v) is 4.10.